The number of carbonyl (C=O) groups is 1. The fraction of sp³-hybridized carbons (Fsp3) is 0.833. The van der Waals surface area contributed by atoms with Crippen LogP contribution in [0.15, 0.2) is 0 Å². The van der Waals surface area contributed by atoms with E-state index in [0.717, 1.165) is 0 Å². The van der Waals surface area contributed by atoms with Crippen molar-refractivity contribution in [2.45, 2.75) is 39.4 Å². The lowest BCUT2D eigenvalue weighted by Gasteiger charge is -2.42. The van der Waals surface area contributed by atoms with Crippen LogP contribution < -0.4 is 0 Å². The molecular weight excluding hydrogens is 241 g/mol. The van der Waals surface area contributed by atoms with E-state index in [-0.39, 0.29) is 30.1 Å². The number of halogens is 1. The highest BCUT2D eigenvalue weighted by Crippen LogP contribution is 2.36. The van der Waals surface area contributed by atoms with E-state index in [2.05, 4.69) is 4.74 Å². The number of hydrogen-bond acceptors (Lipinski definition) is 4. The molecular formula is C12H20FNO4. The van der Waals surface area contributed by atoms with Gasteiger partial charge >= 0.3 is 5.97 Å². The second-order valence-corrected chi connectivity index (χ2v) is 4.89. The van der Waals surface area contributed by atoms with E-state index in [1.165, 1.54) is 0 Å². The molecule has 0 aromatic carbocycles. The number of alkyl halides is 1. The molecule has 18 heavy (non-hydrogen) atoms. The first-order valence-corrected chi connectivity index (χ1v) is 6.03. The minimum atomic E-state index is -1.05. The third kappa shape index (κ3) is 3.19. The molecule has 0 bridgehead atoms. The Kier molecular flexibility index (Phi) is 5.07. The first-order chi connectivity index (χ1) is 8.38. The molecule has 1 aliphatic heterocycles. The molecule has 1 rings (SSSR count). The van der Waals surface area contributed by atoms with Gasteiger partial charge in [-0.1, -0.05) is 20.8 Å². The molecule has 0 saturated carbocycles. The Bertz CT molecular complexity index is 323. The summed E-state index contributed by atoms with van der Waals surface area (Å²) in [6, 6.07) is 0. The van der Waals surface area contributed by atoms with Crippen molar-refractivity contribution in [3.8, 4) is 0 Å². The van der Waals surface area contributed by atoms with Gasteiger partial charge < -0.3 is 14.6 Å². The number of carboxylic acid groups (broad SMARTS) is 1. The molecule has 0 unspecified atom stereocenters. The molecule has 0 aromatic heterocycles. The van der Waals surface area contributed by atoms with E-state index < -0.39 is 25.0 Å². The van der Waals surface area contributed by atoms with Crippen molar-refractivity contribution < 1.29 is 23.8 Å². The molecule has 0 radical (unpaired) electrons. The van der Waals surface area contributed by atoms with Crippen LogP contribution in [-0.4, -0.2) is 36.0 Å². The van der Waals surface area contributed by atoms with Crippen LogP contribution in [0.5, 0.6) is 0 Å². The van der Waals surface area contributed by atoms with Crippen LogP contribution in [0.3, 0.4) is 0 Å². The van der Waals surface area contributed by atoms with Gasteiger partial charge in [0.2, 0.25) is 6.86 Å². The van der Waals surface area contributed by atoms with E-state index in [9.17, 15) is 9.18 Å². The number of hydrogen-bond donors (Lipinski definition) is 2. The van der Waals surface area contributed by atoms with Gasteiger partial charge in [-0.2, -0.15) is 0 Å². The smallest absolute Gasteiger partial charge is 0.333 e. The Balaban J connectivity index is 2.73. The molecule has 0 amide bonds. The highest BCUT2D eigenvalue weighted by molar-refractivity contribution is 5.74. The molecule has 5 atom stereocenters. The summed E-state index contributed by atoms with van der Waals surface area (Å²) in [6.07, 6.45) is -1.19. The minimum Gasteiger partial charge on any atom is -0.479 e. The topological polar surface area (TPSA) is 79.6 Å². The van der Waals surface area contributed by atoms with Crippen LogP contribution in [0.25, 0.3) is 0 Å². The maximum absolute atomic E-state index is 11.9. The average Bonchev–Trinajstić information content (AvgIpc) is 2.30. The fourth-order valence-electron chi connectivity index (χ4n) is 2.35. The zero-order chi connectivity index (χ0) is 13.9. The molecule has 1 heterocycles. The summed E-state index contributed by atoms with van der Waals surface area (Å²) in [6.45, 7) is 4.72. The van der Waals surface area contributed by atoms with Crippen LogP contribution in [0.1, 0.15) is 27.2 Å². The number of nitrogens with one attached hydrogen (secondary N) is 1. The highest BCUT2D eigenvalue weighted by Gasteiger charge is 2.42. The molecule has 1 fully saturated rings. The number of carboxylic acids is 1. The summed E-state index contributed by atoms with van der Waals surface area (Å²) in [5.41, 5.74) is 0. The van der Waals surface area contributed by atoms with Crippen LogP contribution >= 0.6 is 0 Å². The maximum Gasteiger partial charge on any atom is 0.333 e. The van der Waals surface area contributed by atoms with E-state index in [4.69, 9.17) is 15.3 Å². The summed E-state index contributed by atoms with van der Waals surface area (Å²) >= 11 is 0. The van der Waals surface area contributed by atoms with E-state index in [1.54, 1.807) is 0 Å². The van der Waals surface area contributed by atoms with Gasteiger partial charge in [-0.25, -0.2) is 9.18 Å². The van der Waals surface area contributed by atoms with Crippen LogP contribution in [0.4, 0.5) is 4.39 Å². The van der Waals surface area contributed by atoms with Crippen LogP contribution in [0, 0.1) is 23.2 Å². The molecule has 0 spiro atoms. The average molecular weight is 261 g/mol. The standard InChI is InChI=1S/C12H20FNO4/c1-6-7(2)9(4-10(14)17-5-13)18-11(8(6)3)12(15)16/h6-9,11,14H,4-5H2,1-3H3,(H,15,16)/t6-,7+,8+,9+,11+/m0/s1. The minimum absolute atomic E-state index is 0.0926. The van der Waals surface area contributed by atoms with Crippen molar-refractivity contribution in [3.63, 3.8) is 0 Å². The van der Waals surface area contributed by atoms with Crippen molar-refractivity contribution in [3.05, 3.63) is 0 Å². The summed E-state index contributed by atoms with van der Waals surface area (Å²) in [5, 5.41) is 16.5. The van der Waals surface area contributed by atoms with E-state index in [1.807, 2.05) is 20.8 Å². The zero-order valence-corrected chi connectivity index (χ0v) is 10.9. The van der Waals surface area contributed by atoms with E-state index in [0.29, 0.717) is 0 Å². The predicted molar refractivity (Wildman–Crippen MR) is 63.2 cm³/mol. The SMILES string of the molecule is C[C@H]1[C@@H](C)[C@@H](CC(=N)OCF)O[C@@H](C(=O)O)[C@@H]1C. The van der Waals surface area contributed by atoms with Gasteiger partial charge in [-0.05, 0) is 17.8 Å². The first-order valence-electron chi connectivity index (χ1n) is 6.03. The molecule has 1 aliphatic rings. The molecule has 5 nitrogen and oxygen atoms in total. The third-order valence-corrected chi connectivity index (χ3v) is 3.90. The van der Waals surface area contributed by atoms with Gasteiger partial charge in [-0.15, -0.1) is 0 Å². The molecule has 2 N–H and O–H groups in total. The summed E-state index contributed by atoms with van der Waals surface area (Å²) in [5.74, 6) is -1.04. The fourth-order valence-corrected chi connectivity index (χ4v) is 2.35. The molecule has 0 aliphatic carbocycles. The summed E-state index contributed by atoms with van der Waals surface area (Å²) in [4.78, 5) is 11.1. The van der Waals surface area contributed by atoms with Crippen molar-refractivity contribution in [1.82, 2.24) is 0 Å². The lowest BCUT2D eigenvalue weighted by Crippen LogP contribution is -2.48. The number of rotatable bonds is 4. The van der Waals surface area contributed by atoms with Crippen LogP contribution in [0.2, 0.25) is 0 Å². The quantitative estimate of drug-likeness (QED) is 0.599. The first kappa shape index (κ1) is 14.9. The van der Waals surface area contributed by atoms with E-state index >= 15 is 0 Å². The van der Waals surface area contributed by atoms with Crippen molar-refractivity contribution in [2.24, 2.45) is 17.8 Å². The Labute approximate surface area is 106 Å². The largest absolute Gasteiger partial charge is 0.479 e. The van der Waals surface area contributed by atoms with Crippen molar-refractivity contribution >= 4 is 11.9 Å². The summed E-state index contributed by atoms with van der Waals surface area (Å²) in [7, 11) is 0. The lowest BCUT2D eigenvalue weighted by molar-refractivity contribution is -0.178. The number of aliphatic carboxylic acids is 1. The van der Waals surface area contributed by atoms with Gasteiger partial charge in [0.15, 0.2) is 12.0 Å². The molecule has 1 saturated heterocycles. The zero-order valence-electron chi connectivity index (χ0n) is 10.9. The van der Waals surface area contributed by atoms with Gasteiger partial charge in [0.25, 0.3) is 0 Å². The van der Waals surface area contributed by atoms with Gasteiger partial charge in [-0.3, -0.25) is 5.41 Å². The predicted octanol–water partition coefficient (Wildman–Crippen LogP) is 2.06. The Hall–Kier alpha value is -1.17. The molecule has 6 heteroatoms. The van der Waals surface area contributed by atoms with Crippen molar-refractivity contribution in [2.75, 3.05) is 6.86 Å². The monoisotopic (exact) mass is 261 g/mol. The Morgan fingerprint density at radius 1 is 1.33 bits per heavy atom. The second kappa shape index (κ2) is 6.13. The normalized spacial score (nSPS) is 36.1. The molecule has 104 valence electrons. The molecule has 0 aromatic rings. The van der Waals surface area contributed by atoms with Gasteiger partial charge in [0.05, 0.1) is 6.10 Å². The van der Waals surface area contributed by atoms with Gasteiger partial charge in [0.1, 0.15) is 0 Å². The number of ether oxygens (including phenoxy) is 2. The van der Waals surface area contributed by atoms with Gasteiger partial charge in [0, 0.05) is 6.42 Å². The maximum atomic E-state index is 11.9. The summed E-state index contributed by atoms with van der Waals surface area (Å²) < 4.78 is 21.9. The lowest BCUT2D eigenvalue weighted by atomic mass is 9.75. The van der Waals surface area contributed by atoms with Crippen molar-refractivity contribution in [1.29, 1.82) is 5.41 Å². The second-order valence-electron chi connectivity index (χ2n) is 4.89. The Morgan fingerprint density at radius 3 is 2.44 bits per heavy atom. The highest BCUT2D eigenvalue weighted by atomic mass is 19.1. The van der Waals surface area contributed by atoms with Crippen LogP contribution in [-0.2, 0) is 14.3 Å². The Morgan fingerprint density at radius 2 is 1.94 bits per heavy atom. The third-order valence-electron chi connectivity index (χ3n) is 3.90.